The minimum atomic E-state index is -3.55. The summed E-state index contributed by atoms with van der Waals surface area (Å²) in [5.74, 6) is 0.692. The summed E-state index contributed by atoms with van der Waals surface area (Å²) in [5.41, 5.74) is 3.40. The first kappa shape index (κ1) is 23.0. The molecule has 0 aliphatic heterocycles. The van der Waals surface area contributed by atoms with Gasteiger partial charge in [0.05, 0.1) is 15.9 Å². The summed E-state index contributed by atoms with van der Waals surface area (Å²) in [6.45, 7) is 9.18. The van der Waals surface area contributed by atoms with Crippen LogP contribution in [0.1, 0.15) is 38.6 Å². The van der Waals surface area contributed by atoms with E-state index in [1.165, 1.54) is 4.31 Å². The average Bonchev–Trinajstić information content (AvgIpc) is 3.11. The van der Waals surface area contributed by atoms with Crippen LogP contribution in [0.4, 0.5) is 5.69 Å². The number of imidazole rings is 1. The Morgan fingerprint density at radius 1 is 1.06 bits per heavy atom. The van der Waals surface area contributed by atoms with Crippen molar-refractivity contribution in [3.63, 3.8) is 0 Å². The molecule has 0 spiro atoms. The molecule has 3 aromatic rings. The van der Waals surface area contributed by atoms with E-state index in [1.807, 2.05) is 56.5 Å². The monoisotopic (exact) mass is 442 g/mol. The number of nitrogens with zero attached hydrogens (tertiary/aromatic N) is 3. The van der Waals surface area contributed by atoms with Gasteiger partial charge in [0.25, 0.3) is 0 Å². The lowest BCUT2D eigenvalue weighted by atomic mass is 10.2. The minimum Gasteiger partial charge on any atom is -0.328 e. The van der Waals surface area contributed by atoms with Crippen molar-refractivity contribution < 1.29 is 13.2 Å². The van der Waals surface area contributed by atoms with Gasteiger partial charge in [-0.3, -0.25) is 4.79 Å². The minimum absolute atomic E-state index is 0.0802. The fourth-order valence-corrected chi connectivity index (χ4v) is 5.14. The third kappa shape index (κ3) is 4.97. The molecule has 1 amide bonds. The smallest absolute Gasteiger partial charge is 0.243 e. The molecular formula is C23H30N4O3S. The van der Waals surface area contributed by atoms with E-state index in [0.717, 1.165) is 22.6 Å². The van der Waals surface area contributed by atoms with Crippen molar-refractivity contribution in [2.75, 3.05) is 18.4 Å². The van der Waals surface area contributed by atoms with Crippen molar-refractivity contribution in [2.24, 2.45) is 0 Å². The van der Waals surface area contributed by atoms with Crippen molar-refractivity contribution in [2.45, 2.75) is 52.0 Å². The molecule has 3 rings (SSSR count). The molecule has 1 heterocycles. The first-order chi connectivity index (χ1) is 14.8. The Bertz CT molecular complexity index is 1160. The molecule has 7 nitrogen and oxygen atoms in total. The number of nitrogens with one attached hydrogen (secondary N) is 1. The highest BCUT2D eigenvalue weighted by Gasteiger charge is 2.23. The highest BCUT2D eigenvalue weighted by molar-refractivity contribution is 7.89. The van der Waals surface area contributed by atoms with Gasteiger partial charge in [0.15, 0.2) is 0 Å². The van der Waals surface area contributed by atoms with E-state index in [9.17, 15) is 13.2 Å². The van der Waals surface area contributed by atoms with Crippen molar-refractivity contribution in [1.82, 2.24) is 13.9 Å². The molecule has 1 aromatic heterocycles. The quantitative estimate of drug-likeness (QED) is 0.543. The number of hydrogen-bond donors (Lipinski definition) is 1. The molecule has 0 aliphatic carbocycles. The number of carbonyl (C=O) groups excluding carboxylic acids is 1. The van der Waals surface area contributed by atoms with Crippen LogP contribution in [-0.2, 0) is 27.8 Å². The highest BCUT2D eigenvalue weighted by atomic mass is 32.2. The van der Waals surface area contributed by atoms with Crippen LogP contribution in [0.3, 0.4) is 0 Å². The molecule has 0 saturated heterocycles. The van der Waals surface area contributed by atoms with Gasteiger partial charge in [-0.1, -0.05) is 31.5 Å². The van der Waals surface area contributed by atoms with Gasteiger partial charge in [-0.05, 0) is 44.2 Å². The maximum atomic E-state index is 12.8. The summed E-state index contributed by atoms with van der Waals surface area (Å²) in [7, 11) is -3.55. The van der Waals surface area contributed by atoms with E-state index < -0.39 is 10.0 Å². The number of sulfonamides is 1. The van der Waals surface area contributed by atoms with Crippen LogP contribution < -0.4 is 5.32 Å². The second kappa shape index (κ2) is 9.62. The van der Waals surface area contributed by atoms with Crippen LogP contribution in [0.2, 0.25) is 0 Å². The molecule has 166 valence electrons. The Morgan fingerprint density at radius 3 is 2.35 bits per heavy atom. The van der Waals surface area contributed by atoms with Crippen LogP contribution >= 0.6 is 0 Å². The van der Waals surface area contributed by atoms with Crippen molar-refractivity contribution in [3.8, 4) is 0 Å². The maximum absolute atomic E-state index is 12.8. The van der Waals surface area contributed by atoms with Gasteiger partial charge in [-0.15, -0.1) is 0 Å². The molecule has 1 N–H and O–H groups in total. The van der Waals surface area contributed by atoms with Gasteiger partial charge >= 0.3 is 0 Å². The van der Waals surface area contributed by atoms with Crippen molar-refractivity contribution in [1.29, 1.82) is 0 Å². The van der Waals surface area contributed by atoms with E-state index >= 15 is 0 Å². The number of anilines is 1. The maximum Gasteiger partial charge on any atom is 0.243 e. The number of rotatable bonds is 9. The van der Waals surface area contributed by atoms with Gasteiger partial charge in [-0.2, -0.15) is 4.31 Å². The summed E-state index contributed by atoms with van der Waals surface area (Å²) >= 11 is 0. The molecular weight excluding hydrogens is 412 g/mol. The number of fused-ring (bicyclic) bond motifs is 1. The predicted molar refractivity (Wildman–Crippen MR) is 124 cm³/mol. The van der Waals surface area contributed by atoms with Gasteiger partial charge < -0.3 is 9.88 Å². The molecule has 0 radical (unpaired) electrons. The van der Waals surface area contributed by atoms with Crippen molar-refractivity contribution in [3.05, 3.63) is 53.9 Å². The lowest BCUT2D eigenvalue weighted by Crippen LogP contribution is -2.30. The Hall–Kier alpha value is -2.71. The third-order valence-electron chi connectivity index (χ3n) is 5.37. The predicted octanol–water partition coefficient (Wildman–Crippen LogP) is 3.97. The SMILES string of the molecule is CCN(CC)S(=O)(=O)c1ccc2c(c1)nc(CCC(=O)Nc1ccc(C)cc1)n2CC. The van der Waals surface area contributed by atoms with Crippen LogP contribution in [0.15, 0.2) is 47.4 Å². The van der Waals surface area contributed by atoms with Crippen molar-refractivity contribution >= 4 is 32.7 Å². The number of aryl methyl sites for hydroxylation is 3. The summed E-state index contributed by atoms with van der Waals surface area (Å²) in [6, 6.07) is 12.7. The van der Waals surface area contributed by atoms with Crippen LogP contribution in [0.5, 0.6) is 0 Å². The largest absolute Gasteiger partial charge is 0.328 e. The molecule has 2 aromatic carbocycles. The summed E-state index contributed by atoms with van der Waals surface area (Å²) in [5, 5.41) is 2.90. The van der Waals surface area contributed by atoms with Crippen LogP contribution in [0, 0.1) is 6.92 Å². The molecule has 0 bridgehead atoms. The molecule has 0 saturated carbocycles. The first-order valence-corrected chi connectivity index (χ1v) is 12.1. The van der Waals surface area contributed by atoms with E-state index in [1.54, 1.807) is 18.2 Å². The topological polar surface area (TPSA) is 84.3 Å². The highest BCUT2D eigenvalue weighted by Crippen LogP contribution is 2.23. The molecule has 31 heavy (non-hydrogen) atoms. The summed E-state index contributed by atoms with van der Waals surface area (Å²) < 4.78 is 29.2. The molecule has 8 heteroatoms. The molecule has 0 fully saturated rings. The normalized spacial score (nSPS) is 11.9. The molecule has 0 unspecified atom stereocenters. The number of amides is 1. The van der Waals surface area contributed by atoms with E-state index in [0.29, 0.717) is 38.0 Å². The Kier molecular flexibility index (Phi) is 7.12. The van der Waals surface area contributed by atoms with E-state index in [4.69, 9.17) is 0 Å². The van der Waals surface area contributed by atoms with E-state index in [2.05, 4.69) is 10.3 Å². The summed E-state index contributed by atoms with van der Waals surface area (Å²) in [4.78, 5) is 17.3. The Morgan fingerprint density at radius 2 is 1.74 bits per heavy atom. The fourth-order valence-electron chi connectivity index (χ4n) is 3.66. The Labute approximate surface area is 184 Å². The number of carbonyl (C=O) groups is 1. The second-order valence-electron chi connectivity index (χ2n) is 7.43. The molecule has 0 aliphatic rings. The lowest BCUT2D eigenvalue weighted by Gasteiger charge is -2.18. The van der Waals surface area contributed by atoms with Gasteiger partial charge in [0.2, 0.25) is 15.9 Å². The van der Waals surface area contributed by atoms with Crippen LogP contribution in [-0.4, -0.2) is 41.3 Å². The number of aromatic nitrogens is 2. The van der Waals surface area contributed by atoms with Gasteiger partial charge in [0.1, 0.15) is 5.82 Å². The Balaban J connectivity index is 1.81. The third-order valence-corrected chi connectivity index (χ3v) is 7.42. The standard InChI is InChI=1S/C23H30N4O3S/c1-5-26(6-2)31(29,30)19-12-13-21-20(16-19)25-22(27(21)7-3)14-15-23(28)24-18-10-8-17(4)9-11-18/h8-13,16H,5-7,14-15H2,1-4H3,(H,24,28). The summed E-state index contributed by atoms with van der Waals surface area (Å²) in [6.07, 6.45) is 0.764. The van der Waals surface area contributed by atoms with Crippen LogP contribution in [0.25, 0.3) is 11.0 Å². The van der Waals surface area contributed by atoms with Gasteiger partial charge in [0, 0.05) is 38.2 Å². The number of benzene rings is 2. The average molecular weight is 443 g/mol. The molecule has 0 atom stereocenters. The lowest BCUT2D eigenvalue weighted by molar-refractivity contribution is -0.116. The number of hydrogen-bond acceptors (Lipinski definition) is 4. The fraction of sp³-hybridized carbons (Fsp3) is 0.391. The zero-order valence-corrected chi connectivity index (χ0v) is 19.4. The zero-order chi connectivity index (χ0) is 22.6. The second-order valence-corrected chi connectivity index (χ2v) is 9.36. The van der Waals surface area contributed by atoms with Gasteiger partial charge in [-0.25, -0.2) is 13.4 Å². The zero-order valence-electron chi connectivity index (χ0n) is 18.6. The van der Waals surface area contributed by atoms with E-state index in [-0.39, 0.29) is 10.8 Å². The first-order valence-electron chi connectivity index (χ1n) is 10.7.